The van der Waals surface area contributed by atoms with E-state index in [1.54, 1.807) is 12.1 Å². The van der Waals surface area contributed by atoms with Crippen LogP contribution in [0.1, 0.15) is 24.2 Å². The third-order valence-electron chi connectivity index (χ3n) is 3.51. The fourth-order valence-electron chi connectivity index (χ4n) is 2.44. The van der Waals surface area contributed by atoms with Crippen LogP contribution in [0.25, 0.3) is 0 Å². The monoisotopic (exact) mass is 326 g/mol. The average molecular weight is 327 g/mol. The van der Waals surface area contributed by atoms with Gasteiger partial charge in [0.15, 0.2) is 17.3 Å². The average Bonchev–Trinajstić information content (AvgIpc) is 2.51. The zero-order valence-electron chi connectivity index (χ0n) is 13.2. The van der Waals surface area contributed by atoms with Gasteiger partial charge in [-0.2, -0.15) is 0 Å². The molecule has 1 aromatic rings. The Labute approximate surface area is 136 Å². The zero-order chi connectivity index (χ0) is 15.9. The number of piperazine rings is 1. The number of carbonyl (C=O) groups excluding carboxylic acids is 1. The molecule has 0 bridgehead atoms. The number of ketones is 1. The molecular formula is C16H23ClN2O3. The highest BCUT2D eigenvalue weighted by atomic mass is 35.5. The molecule has 122 valence electrons. The molecule has 0 amide bonds. The molecule has 0 unspecified atom stereocenters. The summed E-state index contributed by atoms with van der Waals surface area (Å²) in [6.45, 7) is 8.76. The molecule has 0 saturated carbocycles. The number of carbonyl (C=O) groups is 1. The predicted octanol–water partition coefficient (Wildman–Crippen LogP) is 2.23. The summed E-state index contributed by atoms with van der Waals surface area (Å²) in [5.41, 5.74) is 0.493. The number of benzene rings is 1. The Kier molecular flexibility index (Phi) is 6.49. The number of nitrogens with zero attached hydrogens (tertiary/aromatic N) is 1. The van der Waals surface area contributed by atoms with Gasteiger partial charge in [-0.1, -0.05) is 11.6 Å². The Morgan fingerprint density at radius 2 is 1.77 bits per heavy atom. The Morgan fingerprint density at radius 1 is 1.18 bits per heavy atom. The van der Waals surface area contributed by atoms with Crippen molar-refractivity contribution in [3.8, 4) is 11.5 Å². The molecule has 22 heavy (non-hydrogen) atoms. The normalized spacial score (nSPS) is 15.6. The predicted molar refractivity (Wildman–Crippen MR) is 87.4 cm³/mol. The van der Waals surface area contributed by atoms with Gasteiger partial charge in [0.25, 0.3) is 0 Å². The number of ether oxygens (including phenoxy) is 2. The molecule has 1 aliphatic heterocycles. The highest BCUT2D eigenvalue weighted by molar-refractivity contribution is 6.34. The van der Waals surface area contributed by atoms with Crippen LogP contribution >= 0.6 is 11.6 Å². The number of hydrogen-bond acceptors (Lipinski definition) is 5. The molecule has 0 aromatic heterocycles. The molecule has 5 nitrogen and oxygen atoms in total. The van der Waals surface area contributed by atoms with Crippen LogP contribution in [-0.4, -0.2) is 56.6 Å². The van der Waals surface area contributed by atoms with Crippen molar-refractivity contribution in [1.29, 1.82) is 0 Å². The summed E-state index contributed by atoms with van der Waals surface area (Å²) < 4.78 is 11.1. The maximum absolute atomic E-state index is 12.5. The maximum Gasteiger partial charge on any atom is 0.178 e. The number of hydrogen-bond donors (Lipinski definition) is 1. The summed E-state index contributed by atoms with van der Waals surface area (Å²) in [7, 11) is 0. The molecule has 1 heterocycles. The van der Waals surface area contributed by atoms with Crippen LogP contribution in [0, 0.1) is 0 Å². The first-order valence-electron chi connectivity index (χ1n) is 7.71. The van der Waals surface area contributed by atoms with Gasteiger partial charge in [-0.3, -0.25) is 9.69 Å². The molecule has 2 rings (SSSR count). The van der Waals surface area contributed by atoms with E-state index in [1.165, 1.54) is 0 Å². The fourth-order valence-corrected chi connectivity index (χ4v) is 2.70. The first-order valence-corrected chi connectivity index (χ1v) is 8.08. The minimum atomic E-state index is 0.0101. The first kappa shape index (κ1) is 17.1. The topological polar surface area (TPSA) is 50.8 Å². The lowest BCUT2D eigenvalue weighted by Crippen LogP contribution is -2.45. The van der Waals surface area contributed by atoms with Gasteiger partial charge in [-0.05, 0) is 19.9 Å². The van der Waals surface area contributed by atoms with Gasteiger partial charge < -0.3 is 14.8 Å². The van der Waals surface area contributed by atoms with E-state index in [4.69, 9.17) is 21.1 Å². The lowest BCUT2D eigenvalue weighted by Gasteiger charge is -2.26. The Morgan fingerprint density at radius 3 is 2.36 bits per heavy atom. The van der Waals surface area contributed by atoms with Crippen molar-refractivity contribution < 1.29 is 14.3 Å². The first-order chi connectivity index (χ1) is 10.7. The number of nitrogens with one attached hydrogen (secondary N) is 1. The fraction of sp³-hybridized carbons (Fsp3) is 0.562. The largest absolute Gasteiger partial charge is 0.490 e. The standard InChI is InChI=1S/C16H23ClN2O3/c1-3-21-15-9-12(13(17)10-16(15)22-4-2)14(20)11-19-7-5-18-6-8-19/h9-10,18H,3-8,11H2,1-2H3. The molecule has 1 aliphatic rings. The van der Waals surface area contributed by atoms with Gasteiger partial charge in [0.1, 0.15) is 0 Å². The SMILES string of the molecule is CCOc1cc(Cl)c(C(=O)CN2CCNCC2)cc1OCC. The van der Waals surface area contributed by atoms with Crippen molar-refractivity contribution in [2.45, 2.75) is 13.8 Å². The van der Waals surface area contributed by atoms with Gasteiger partial charge in [0.2, 0.25) is 0 Å². The summed E-state index contributed by atoms with van der Waals surface area (Å²) in [4.78, 5) is 14.6. The van der Waals surface area contributed by atoms with Crippen LogP contribution < -0.4 is 14.8 Å². The third kappa shape index (κ3) is 4.35. The number of Topliss-reactive ketones (excluding diaryl/α,β-unsaturated/α-hetero) is 1. The molecule has 1 saturated heterocycles. The molecule has 0 spiro atoms. The second-order valence-electron chi connectivity index (χ2n) is 5.09. The molecule has 0 radical (unpaired) electrons. The lowest BCUT2D eigenvalue weighted by molar-refractivity contribution is 0.0921. The minimum absolute atomic E-state index is 0.0101. The van der Waals surface area contributed by atoms with Crippen LogP contribution in [0.4, 0.5) is 0 Å². The quantitative estimate of drug-likeness (QED) is 0.779. The van der Waals surface area contributed by atoms with Gasteiger partial charge in [0, 0.05) is 37.8 Å². The summed E-state index contributed by atoms with van der Waals surface area (Å²) in [5, 5.41) is 3.68. The second kappa shape index (κ2) is 8.36. The van der Waals surface area contributed by atoms with Crippen LogP contribution in [0.5, 0.6) is 11.5 Å². The highest BCUT2D eigenvalue weighted by Crippen LogP contribution is 2.34. The smallest absolute Gasteiger partial charge is 0.178 e. The van der Waals surface area contributed by atoms with Crippen molar-refractivity contribution in [3.05, 3.63) is 22.7 Å². The van der Waals surface area contributed by atoms with E-state index < -0.39 is 0 Å². The molecule has 1 aromatic carbocycles. The van der Waals surface area contributed by atoms with Crippen molar-refractivity contribution in [1.82, 2.24) is 10.2 Å². The van der Waals surface area contributed by atoms with E-state index in [0.29, 0.717) is 41.8 Å². The molecule has 0 atom stereocenters. The van der Waals surface area contributed by atoms with E-state index in [0.717, 1.165) is 26.2 Å². The number of halogens is 1. The van der Waals surface area contributed by atoms with Gasteiger partial charge in [-0.15, -0.1) is 0 Å². The van der Waals surface area contributed by atoms with Crippen LogP contribution in [0.2, 0.25) is 5.02 Å². The van der Waals surface area contributed by atoms with Crippen LogP contribution in [-0.2, 0) is 0 Å². The van der Waals surface area contributed by atoms with Crippen molar-refractivity contribution >= 4 is 17.4 Å². The summed E-state index contributed by atoms with van der Waals surface area (Å²) in [6.07, 6.45) is 0. The summed E-state index contributed by atoms with van der Waals surface area (Å²) in [6, 6.07) is 3.36. The van der Waals surface area contributed by atoms with Gasteiger partial charge in [-0.25, -0.2) is 0 Å². The van der Waals surface area contributed by atoms with Crippen molar-refractivity contribution in [3.63, 3.8) is 0 Å². The van der Waals surface area contributed by atoms with E-state index in [9.17, 15) is 4.79 Å². The van der Waals surface area contributed by atoms with Crippen molar-refractivity contribution in [2.75, 3.05) is 45.9 Å². The Hall–Kier alpha value is -1.30. The molecule has 1 fully saturated rings. The molecule has 6 heteroatoms. The summed E-state index contributed by atoms with van der Waals surface area (Å²) in [5.74, 6) is 1.15. The molecule has 0 aliphatic carbocycles. The third-order valence-corrected chi connectivity index (χ3v) is 3.82. The molecular weight excluding hydrogens is 304 g/mol. The van der Waals surface area contributed by atoms with Crippen LogP contribution in [0.3, 0.4) is 0 Å². The molecule has 1 N–H and O–H groups in total. The van der Waals surface area contributed by atoms with Gasteiger partial charge >= 0.3 is 0 Å². The minimum Gasteiger partial charge on any atom is -0.490 e. The van der Waals surface area contributed by atoms with Crippen molar-refractivity contribution in [2.24, 2.45) is 0 Å². The summed E-state index contributed by atoms with van der Waals surface area (Å²) >= 11 is 6.26. The van der Waals surface area contributed by atoms with E-state index >= 15 is 0 Å². The van der Waals surface area contributed by atoms with E-state index in [2.05, 4.69) is 10.2 Å². The van der Waals surface area contributed by atoms with E-state index in [1.807, 2.05) is 13.8 Å². The second-order valence-corrected chi connectivity index (χ2v) is 5.50. The zero-order valence-corrected chi connectivity index (χ0v) is 13.9. The van der Waals surface area contributed by atoms with Gasteiger partial charge in [0.05, 0.1) is 24.8 Å². The lowest BCUT2D eigenvalue weighted by atomic mass is 10.1. The Bertz CT molecular complexity index is 516. The van der Waals surface area contributed by atoms with Crippen LogP contribution in [0.15, 0.2) is 12.1 Å². The number of rotatable bonds is 7. The van der Waals surface area contributed by atoms with E-state index in [-0.39, 0.29) is 5.78 Å². The maximum atomic E-state index is 12.5. The Balaban J connectivity index is 2.17. The highest BCUT2D eigenvalue weighted by Gasteiger charge is 2.19.